The molecule has 21 heavy (non-hydrogen) atoms. The lowest BCUT2D eigenvalue weighted by Crippen LogP contribution is -2.48. The van der Waals surface area contributed by atoms with Gasteiger partial charge in [-0.1, -0.05) is 20.8 Å². The average Bonchev–Trinajstić information content (AvgIpc) is 2.66. The van der Waals surface area contributed by atoms with Crippen LogP contribution in [0.15, 0.2) is 4.99 Å². The molecule has 1 aliphatic heterocycles. The minimum Gasteiger partial charge on any atom is -0.379 e. The second-order valence-electron chi connectivity index (χ2n) is 6.29. The van der Waals surface area contributed by atoms with Gasteiger partial charge in [0, 0.05) is 26.7 Å². The molecule has 2 unspecified atom stereocenters. The Kier molecular flexibility index (Phi) is 8.48. The molecule has 1 saturated heterocycles. The van der Waals surface area contributed by atoms with Crippen LogP contribution in [0, 0.1) is 5.41 Å². The lowest BCUT2D eigenvalue weighted by Gasteiger charge is -2.30. The molecule has 1 rings (SSSR count). The van der Waals surface area contributed by atoms with E-state index in [1.54, 1.807) is 14.2 Å². The molecule has 0 amide bonds. The highest BCUT2D eigenvalue weighted by Gasteiger charge is 2.29. The van der Waals surface area contributed by atoms with Crippen molar-refractivity contribution in [3.63, 3.8) is 0 Å². The molecule has 0 radical (unpaired) electrons. The van der Waals surface area contributed by atoms with Gasteiger partial charge in [-0.15, -0.1) is 24.0 Å². The topological polar surface area (TPSA) is 79.8 Å². The van der Waals surface area contributed by atoms with Crippen LogP contribution in [0.25, 0.3) is 0 Å². The van der Waals surface area contributed by atoms with Gasteiger partial charge in [-0.2, -0.15) is 0 Å². The zero-order valence-electron chi connectivity index (χ0n) is 13.5. The molecule has 0 bridgehead atoms. The number of ether oxygens (including phenoxy) is 1. The summed E-state index contributed by atoms with van der Waals surface area (Å²) in [6, 6.07) is -0.0539. The summed E-state index contributed by atoms with van der Waals surface area (Å²) in [7, 11) is 0.492. The molecule has 0 aromatic rings. The minimum absolute atomic E-state index is 0. The third kappa shape index (κ3) is 7.14. The van der Waals surface area contributed by atoms with E-state index in [1.807, 2.05) is 0 Å². The van der Waals surface area contributed by atoms with Crippen molar-refractivity contribution in [1.82, 2.24) is 10.6 Å². The SMILES string of the molecule is CN=C(NCC(OC)C(C)(C)C)NC1CCS(=O)(=O)C1.I. The zero-order valence-corrected chi connectivity index (χ0v) is 16.6. The van der Waals surface area contributed by atoms with Crippen LogP contribution in [0.5, 0.6) is 0 Å². The van der Waals surface area contributed by atoms with Gasteiger partial charge in [0.15, 0.2) is 15.8 Å². The molecule has 0 spiro atoms. The quantitative estimate of drug-likeness (QED) is 0.393. The number of guanidine groups is 1. The van der Waals surface area contributed by atoms with Crippen LogP contribution in [-0.4, -0.2) is 58.7 Å². The molecule has 0 aliphatic carbocycles. The maximum Gasteiger partial charge on any atom is 0.191 e. The van der Waals surface area contributed by atoms with Gasteiger partial charge in [0.2, 0.25) is 0 Å². The molecule has 126 valence electrons. The van der Waals surface area contributed by atoms with Crippen LogP contribution in [0.1, 0.15) is 27.2 Å². The second-order valence-corrected chi connectivity index (χ2v) is 8.52. The molecule has 0 aromatic carbocycles. The standard InChI is InChI=1S/C13H27N3O3S.HI/c1-13(2,3)11(19-5)8-15-12(14-4)16-10-6-7-20(17,18)9-10;/h10-11H,6-9H2,1-5H3,(H2,14,15,16);1H. The molecule has 1 aliphatic rings. The highest BCUT2D eigenvalue weighted by molar-refractivity contribution is 14.0. The Hall–Kier alpha value is -0.0900. The molecule has 1 fully saturated rings. The number of nitrogens with one attached hydrogen (secondary N) is 2. The molecule has 2 atom stereocenters. The van der Waals surface area contributed by atoms with Gasteiger partial charge < -0.3 is 15.4 Å². The third-order valence-corrected chi connectivity index (χ3v) is 5.27. The first-order chi connectivity index (χ1) is 9.18. The average molecular weight is 433 g/mol. The Bertz CT molecular complexity index is 446. The largest absolute Gasteiger partial charge is 0.379 e. The Morgan fingerprint density at radius 3 is 2.43 bits per heavy atom. The second kappa shape index (κ2) is 8.52. The molecule has 0 saturated carbocycles. The minimum atomic E-state index is -2.88. The Morgan fingerprint density at radius 1 is 1.43 bits per heavy atom. The van der Waals surface area contributed by atoms with Crippen molar-refractivity contribution in [2.45, 2.75) is 39.3 Å². The van der Waals surface area contributed by atoms with E-state index in [0.29, 0.717) is 18.9 Å². The zero-order chi connectivity index (χ0) is 15.4. The van der Waals surface area contributed by atoms with Gasteiger partial charge >= 0.3 is 0 Å². The summed E-state index contributed by atoms with van der Waals surface area (Å²) in [5.41, 5.74) is 0.0251. The van der Waals surface area contributed by atoms with Crippen molar-refractivity contribution < 1.29 is 13.2 Å². The highest BCUT2D eigenvalue weighted by atomic mass is 127. The fraction of sp³-hybridized carbons (Fsp3) is 0.923. The van der Waals surface area contributed by atoms with Crippen molar-refractivity contribution in [3.05, 3.63) is 0 Å². The lowest BCUT2D eigenvalue weighted by atomic mass is 9.89. The summed E-state index contributed by atoms with van der Waals surface area (Å²) in [6.45, 7) is 6.97. The fourth-order valence-corrected chi connectivity index (χ4v) is 3.90. The molecular formula is C13H28IN3O3S. The summed E-state index contributed by atoms with van der Waals surface area (Å²) in [4.78, 5) is 4.13. The van der Waals surface area contributed by atoms with E-state index in [0.717, 1.165) is 0 Å². The van der Waals surface area contributed by atoms with Crippen molar-refractivity contribution in [1.29, 1.82) is 0 Å². The number of hydrogen-bond donors (Lipinski definition) is 2. The van der Waals surface area contributed by atoms with Crippen LogP contribution in [0.3, 0.4) is 0 Å². The molecule has 0 aromatic heterocycles. The van der Waals surface area contributed by atoms with Crippen LogP contribution in [-0.2, 0) is 14.6 Å². The number of sulfone groups is 1. The summed E-state index contributed by atoms with van der Waals surface area (Å²) in [6.07, 6.45) is 0.684. The van der Waals surface area contributed by atoms with Crippen LogP contribution < -0.4 is 10.6 Å². The first-order valence-electron chi connectivity index (χ1n) is 6.88. The van der Waals surface area contributed by atoms with Crippen LogP contribution in [0.4, 0.5) is 0 Å². The normalized spacial score (nSPS) is 23.3. The van der Waals surface area contributed by atoms with Crippen molar-refractivity contribution >= 4 is 39.8 Å². The molecule has 1 heterocycles. The molecule has 8 heteroatoms. The van der Waals surface area contributed by atoms with Gasteiger partial charge in [-0.05, 0) is 11.8 Å². The predicted octanol–water partition coefficient (Wildman–Crippen LogP) is 1.02. The Labute approximate surface area is 145 Å². The monoisotopic (exact) mass is 433 g/mol. The summed E-state index contributed by atoms with van der Waals surface area (Å²) in [5, 5.41) is 6.36. The van der Waals surface area contributed by atoms with E-state index < -0.39 is 9.84 Å². The number of rotatable bonds is 4. The number of nitrogens with zero attached hydrogens (tertiary/aromatic N) is 1. The molecular weight excluding hydrogens is 405 g/mol. The van der Waals surface area contributed by atoms with E-state index in [9.17, 15) is 8.42 Å². The van der Waals surface area contributed by atoms with Crippen molar-refractivity contribution in [2.24, 2.45) is 10.4 Å². The number of aliphatic imine (C=N–C) groups is 1. The molecule has 6 nitrogen and oxygen atoms in total. The maximum absolute atomic E-state index is 11.4. The third-order valence-electron chi connectivity index (χ3n) is 3.50. The first-order valence-corrected chi connectivity index (χ1v) is 8.70. The van der Waals surface area contributed by atoms with Crippen LogP contribution in [0.2, 0.25) is 0 Å². The van der Waals surface area contributed by atoms with Gasteiger partial charge in [0.05, 0.1) is 17.6 Å². The number of methoxy groups -OCH3 is 1. The van der Waals surface area contributed by atoms with E-state index in [4.69, 9.17) is 4.74 Å². The van der Waals surface area contributed by atoms with Crippen molar-refractivity contribution in [3.8, 4) is 0 Å². The van der Waals surface area contributed by atoms with Gasteiger partial charge in [0.25, 0.3) is 0 Å². The Morgan fingerprint density at radius 2 is 2.05 bits per heavy atom. The van der Waals surface area contributed by atoms with Gasteiger partial charge in [-0.25, -0.2) is 8.42 Å². The van der Waals surface area contributed by atoms with Gasteiger partial charge in [-0.3, -0.25) is 4.99 Å². The fourth-order valence-electron chi connectivity index (χ4n) is 2.23. The van der Waals surface area contributed by atoms with E-state index in [-0.39, 0.29) is 53.0 Å². The smallest absolute Gasteiger partial charge is 0.191 e. The van der Waals surface area contributed by atoms with E-state index >= 15 is 0 Å². The van der Waals surface area contributed by atoms with E-state index in [1.165, 1.54) is 0 Å². The lowest BCUT2D eigenvalue weighted by molar-refractivity contribution is 0.0205. The summed E-state index contributed by atoms with van der Waals surface area (Å²) >= 11 is 0. The van der Waals surface area contributed by atoms with Crippen molar-refractivity contribution in [2.75, 3.05) is 32.2 Å². The first kappa shape index (κ1) is 20.9. The summed E-state index contributed by atoms with van der Waals surface area (Å²) < 4.78 is 28.3. The number of hydrogen-bond acceptors (Lipinski definition) is 4. The molecule has 2 N–H and O–H groups in total. The predicted molar refractivity (Wildman–Crippen MR) is 97.2 cm³/mol. The highest BCUT2D eigenvalue weighted by Crippen LogP contribution is 2.20. The number of halogens is 1. The van der Waals surface area contributed by atoms with Gasteiger partial charge in [0.1, 0.15) is 0 Å². The maximum atomic E-state index is 11.4. The van der Waals surface area contributed by atoms with Crippen LogP contribution >= 0.6 is 24.0 Å². The Balaban J connectivity index is 0.00000400. The summed E-state index contributed by atoms with van der Waals surface area (Å²) in [5.74, 6) is 1.06. The van der Waals surface area contributed by atoms with E-state index in [2.05, 4.69) is 36.4 Å².